The molecule has 134 valence electrons. The molecule has 0 atom stereocenters. The number of hydrogen-bond acceptors (Lipinski definition) is 6. The maximum atomic E-state index is 12.3. The largest absolute Gasteiger partial charge is 0.493 e. The zero-order valence-electron chi connectivity index (χ0n) is 14.4. The lowest BCUT2D eigenvalue weighted by Gasteiger charge is -2.15. The van der Waals surface area contributed by atoms with E-state index in [1.807, 2.05) is 6.92 Å². The van der Waals surface area contributed by atoms with E-state index >= 15 is 0 Å². The second-order valence-electron chi connectivity index (χ2n) is 5.44. The molecule has 0 aliphatic carbocycles. The van der Waals surface area contributed by atoms with Crippen LogP contribution in [0.5, 0.6) is 11.5 Å². The van der Waals surface area contributed by atoms with Gasteiger partial charge in [-0.25, -0.2) is 9.69 Å². The average molecular weight is 355 g/mol. The van der Waals surface area contributed by atoms with E-state index in [9.17, 15) is 14.4 Å². The van der Waals surface area contributed by atoms with Gasteiger partial charge >= 0.3 is 5.97 Å². The summed E-state index contributed by atoms with van der Waals surface area (Å²) in [4.78, 5) is 37.7. The van der Waals surface area contributed by atoms with Crippen LogP contribution in [0.3, 0.4) is 0 Å². The highest BCUT2D eigenvalue weighted by molar-refractivity contribution is 6.21. The van der Waals surface area contributed by atoms with Gasteiger partial charge in [0.05, 0.1) is 30.4 Å². The molecule has 2 aromatic rings. The second kappa shape index (κ2) is 7.26. The van der Waals surface area contributed by atoms with Crippen LogP contribution in [0, 0.1) is 0 Å². The smallest absolute Gasteiger partial charge is 0.340 e. The van der Waals surface area contributed by atoms with Crippen molar-refractivity contribution in [3.63, 3.8) is 0 Å². The van der Waals surface area contributed by atoms with Crippen molar-refractivity contribution in [2.75, 3.05) is 20.4 Å². The molecule has 0 aromatic heterocycles. The molecule has 1 aliphatic rings. The van der Waals surface area contributed by atoms with Gasteiger partial charge in [0.25, 0.3) is 11.8 Å². The molecule has 0 bridgehead atoms. The summed E-state index contributed by atoms with van der Waals surface area (Å²) in [5, 5.41) is 0. The number of methoxy groups -OCH3 is 1. The molecule has 2 amide bonds. The lowest BCUT2D eigenvalue weighted by molar-refractivity contribution is 0.0227. The molecule has 26 heavy (non-hydrogen) atoms. The number of fused-ring (bicyclic) bond motifs is 1. The summed E-state index contributed by atoms with van der Waals surface area (Å²) in [5.41, 5.74) is 0.833. The number of benzene rings is 2. The fraction of sp³-hybridized carbons (Fsp3) is 0.211. The maximum absolute atomic E-state index is 12.3. The Morgan fingerprint density at radius 1 is 1.00 bits per heavy atom. The quantitative estimate of drug-likeness (QED) is 0.585. The minimum absolute atomic E-state index is 0.228. The third kappa shape index (κ3) is 3.11. The number of carbonyl (C=O) groups is 3. The predicted octanol–water partition coefficient (Wildman–Crippen LogP) is 2.50. The van der Waals surface area contributed by atoms with Gasteiger partial charge in [0.1, 0.15) is 0 Å². The molecule has 0 unspecified atom stereocenters. The molecule has 7 nitrogen and oxygen atoms in total. The Bertz CT molecular complexity index is 841. The van der Waals surface area contributed by atoms with Crippen molar-refractivity contribution in [3.8, 4) is 11.5 Å². The van der Waals surface area contributed by atoms with Gasteiger partial charge < -0.3 is 14.2 Å². The fourth-order valence-electron chi connectivity index (χ4n) is 2.63. The standard InChI is InChI=1S/C19H17NO6/c1-3-25-16-10-12(8-9-15(16)24-2)19(23)26-11-20-17(21)13-6-4-5-7-14(13)18(20)22/h4-10H,3,11H2,1-2H3. The summed E-state index contributed by atoms with van der Waals surface area (Å²) in [7, 11) is 1.50. The van der Waals surface area contributed by atoms with Gasteiger partial charge in [0.2, 0.25) is 0 Å². The van der Waals surface area contributed by atoms with Crippen molar-refractivity contribution in [1.29, 1.82) is 0 Å². The zero-order valence-corrected chi connectivity index (χ0v) is 14.4. The van der Waals surface area contributed by atoms with Crippen molar-refractivity contribution in [3.05, 3.63) is 59.2 Å². The van der Waals surface area contributed by atoms with E-state index in [0.717, 1.165) is 4.90 Å². The van der Waals surface area contributed by atoms with Crippen LogP contribution in [0.2, 0.25) is 0 Å². The minimum Gasteiger partial charge on any atom is -0.493 e. The molecule has 2 aromatic carbocycles. The minimum atomic E-state index is -0.676. The topological polar surface area (TPSA) is 82.1 Å². The number of ether oxygens (including phenoxy) is 3. The van der Waals surface area contributed by atoms with Gasteiger partial charge in [-0.2, -0.15) is 0 Å². The van der Waals surface area contributed by atoms with Gasteiger partial charge in [-0.05, 0) is 37.3 Å². The predicted molar refractivity (Wildman–Crippen MR) is 91.4 cm³/mol. The zero-order chi connectivity index (χ0) is 18.7. The number of rotatable bonds is 6. The monoisotopic (exact) mass is 355 g/mol. The van der Waals surface area contributed by atoms with Crippen molar-refractivity contribution in [2.24, 2.45) is 0 Å². The summed E-state index contributed by atoms with van der Waals surface area (Å²) in [6.07, 6.45) is 0. The Kier molecular flexibility index (Phi) is 4.88. The van der Waals surface area contributed by atoms with Crippen LogP contribution in [0.15, 0.2) is 42.5 Å². The van der Waals surface area contributed by atoms with Crippen molar-refractivity contribution in [1.82, 2.24) is 4.90 Å². The average Bonchev–Trinajstić information content (AvgIpc) is 2.91. The normalized spacial score (nSPS) is 12.8. The summed E-state index contributed by atoms with van der Waals surface area (Å²) in [5.74, 6) is -0.745. The third-order valence-corrected chi connectivity index (χ3v) is 3.90. The van der Waals surface area contributed by atoms with Crippen LogP contribution in [0.25, 0.3) is 0 Å². The molecule has 7 heteroatoms. The Balaban J connectivity index is 1.71. The Labute approximate surface area is 150 Å². The number of esters is 1. The highest BCUT2D eigenvalue weighted by Gasteiger charge is 2.35. The van der Waals surface area contributed by atoms with E-state index in [1.165, 1.54) is 19.2 Å². The Hall–Kier alpha value is -3.35. The molecular weight excluding hydrogens is 338 g/mol. The molecule has 0 N–H and O–H groups in total. The van der Waals surface area contributed by atoms with Gasteiger partial charge in [-0.3, -0.25) is 9.59 Å². The molecule has 1 heterocycles. The van der Waals surface area contributed by atoms with Crippen LogP contribution in [-0.4, -0.2) is 43.1 Å². The van der Waals surface area contributed by atoms with E-state index in [0.29, 0.717) is 29.2 Å². The summed E-state index contributed by atoms with van der Waals surface area (Å²) in [6, 6.07) is 11.1. The van der Waals surface area contributed by atoms with E-state index in [-0.39, 0.29) is 5.56 Å². The molecule has 1 aliphatic heterocycles. The molecule has 0 fully saturated rings. The maximum Gasteiger partial charge on any atom is 0.340 e. The first-order chi connectivity index (χ1) is 12.6. The molecular formula is C19H17NO6. The fourth-order valence-corrected chi connectivity index (χ4v) is 2.63. The first-order valence-corrected chi connectivity index (χ1v) is 8.00. The second-order valence-corrected chi connectivity index (χ2v) is 5.44. The van der Waals surface area contributed by atoms with Crippen LogP contribution in [0.4, 0.5) is 0 Å². The Morgan fingerprint density at radius 3 is 2.23 bits per heavy atom. The summed E-state index contributed by atoms with van der Waals surface area (Å²) >= 11 is 0. The van der Waals surface area contributed by atoms with Crippen LogP contribution < -0.4 is 9.47 Å². The van der Waals surface area contributed by atoms with Crippen molar-refractivity contribution >= 4 is 17.8 Å². The van der Waals surface area contributed by atoms with Crippen LogP contribution in [0.1, 0.15) is 38.0 Å². The first kappa shape index (κ1) is 17.5. The molecule has 0 spiro atoms. The number of nitrogens with zero attached hydrogens (tertiary/aromatic N) is 1. The highest BCUT2D eigenvalue weighted by Crippen LogP contribution is 2.28. The number of imide groups is 1. The SMILES string of the molecule is CCOc1cc(C(=O)OCN2C(=O)c3ccccc3C2=O)ccc1OC. The van der Waals surface area contributed by atoms with Crippen LogP contribution >= 0.6 is 0 Å². The number of carbonyl (C=O) groups excluding carboxylic acids is 3. The highest BCUT2D eigenvalue weighted by atomic mass is 16.5. The van der Waals surface area contributed by atoms with Crippen LogP contribution in [-0.2, 0) is 4.74 Å². The van der Waals surface area contributed by atoms with E-state index in [1.54, 1.807) is 30.3 Å². The van der Waals surface area contributed by atoms with Gasteiger partial charge in [-0.15, -0.1) is 0 Å². The molecule has 0 saturated heterocycles. The Morgan fingerprint density at radius 2 is 1.65 bits per heavy atom. The van der Waals surface area contributed by atoms with Gasteiger partial charge in [0, 0.05) is 0 Å². The molecule has 3 rings (SSSR count). The lowest BCUT2D eigenvalue weighted by Crippen LogP contribution is -2.33. The molecule has 0 saturated carbocycles. The summed E-state index contributed by atoms with van der Waals surface area (Å²) < 4.78 is 15.7. The van der Waals surface area contributed by atoms with Crippen molar-refractivity contribution in [2.45, 2.75) is 6.92 Å². The molecule has 0 radical (unpaired) electrons. The number of hydrogen-bond donors (Lipinski definition) is 0. The van der Waals surface area contributed by atoms with Crippen molar-refractivity contribution < 1.29 is 28.6 Å². The lowest BCUT2D eigenvalue weighted by atomic mass is 10.1. The summed E-state index contributed by atoms with van der Waals surface area (Å²) in [6.45, 7) is 1.76. The van der Waals surface area contributed by atoms with E-state index in [2.05, 4.69) is 0 Å². The third-order valence-electron chi connectivity index (χ3n) is 3.90. The van der Waals surface area contributed by atoms with E-state index in [4.69, 9.17) is 14.2 Å². The first-order valence-electron chi connectivity index (χ1n) is 8.00. The van der Waals surface area contributed by atoms with E-state index < -0.39 is 24.5 Å². The van der Waals surface area contributed by atoms with Gasteiger partial charge in [0.15, 0.2) is 18.2 Å². The van der Waals surface area contributed by atoms with Gasteiger partial charge in [-0.1, -0.05) is 12.1 Å². The number of amides is 2.